The molecule has 236 valence electrons. The Bertz CT molecular complexity index is 1760. The predicted molar refractivity (Wildman–Crippen MR) is 160 cm³/mol. The Kier molecular flexibility index (Phi) is 8.30. The lowest BCUT2D eigenvalue weighted by Crippen LogP contribution is -2.40. The number of benzene rings is 1. The molecule has 44 heavy (non-hydrogen) atoms. The molecule has 1 aromatic carbocycles. The van der Waals surface area contributed by atoms with Gasteiger partial charge in [0.05, 0.1) is 30.2 Å². The fourth-order valence-corrected chi connectivity index (χ4v) is 7.38. The number of β-amino-alcohol motifs (C(OH)–C–C–N with tert-alkyl or cyclic N) is 1. The second-order valence-corrected chi connectivity index (χ2v) is 13.7. The van der Waals surface area contributed by atoms with Gasteiger partial charge in [0.1, 0.15) is 5.65 Å². The van der Waals surface area contributed by atoms with Crippen molar-refractivity contribution >= 4 is 21.1 Å². The molecule has 0 spiro atoms. The van der Waals surface area contributed by atoms with E-state index < -0.39 is 34.4 Å². The van der Waals surface area contributed by atoms with Crippen molar-refractivity contribution in [3.63, 3.8) is 0 Å². The molecule has 1 atom stereocenters. The van der Waals surface area contributed by atoms with Crippen LogP contribution in [0.5, 0.6) is 0 Å². The molecule has 0 bridgehead atoms. The standard InChI is InChI=1S/C30H35F3N7O3S/c1-44(42,43)39-12-8-27-25(18-39)28(20-4-5-26(30(31,32)33)21(13-20)14-34)37-40(27)17-22(41)16-38-10-6-19(7-11-38)24-15-36-29-23(24)3-2-9-35-29/h2-5,9,13,15,19,22,34,41H,6-8,10-12,14,16-18H2,1H3,(H,35,36)/q-1. The van der Waals surface area contributed by atoms with Gasteiger partial charge < -0.3 is 20.7 Å². The quantitative estimate of drug-likeness (QED) is 0.294. The van der Waals surface area contributed by atoms with Gasteiger partial charge in [-0.05, 0) is 55.6 Å². The second-order valence-electron chi connectivity index (χ2n) is 11.7. The van der Waals surface area contributed by atoms with Crippen LogP contribution >= 0.6 is 0 Å². The number of H-pyrrole nitrogens is 1. The molecule has 1 fully saturated rings. The summed E-state index contributed by atoms with van der Waals surface area (Å²) in [4.78, 5) is 9.87. The first-order valence-electron chi connectivity index (χ1n) is 14.6. The third-order valence-corrected chi connectivity index (χ3v) is 10.1. The maximum Gasteiger partial charge on any atom is 0.416 e. The second kappa shape index (κ2) is 11.9. The molecule has 1 unspecified atom stereocenters. The number of halogens is 3. The van der Waals surface area contributed by atoms with E-state index >= 15 is 0 Å². The van der Waals surface area contributed by atoms with Crippen molar-refractivity contribution in [2.24, 2.45) is 0 Å². The van der Waals surface area contributed by atoms with Crippen molar-refractivity contribution in [2.75, 3.05) is 32.4 Å². The van der Waals surface area contributed by atoms with Crippen LogP contribution in [0.4, 0.5) is 13.2 Å². The topological polar surface area (TPSA) is 131 Å². The number of likely N-dealkylation sites (tertiary alicyclic amines) is 1. The highest BCUT2D eigenvalue weighted by molar-refractivity contribution is 7.88. The smallest absolute Gasteiger partial charge is 0.416 e. The van der Waals surface area contributed by atoms with Gasteiger partial charge in [0.25, 0.3) is 0 Å². The van der Waals surface area contributed by atoms with E-state index in [4.69, 9.17) is 10.8 Å². The molecule has 10 nitrogen and oxygen atoms in total. The number of pyridine rings is 1. The number of sulfonamides is 1. The summed E-state index contributed by atoms with van der Waals surface area (Å²) in [5.41, 5.74) is 10.9. The maximum absolute atomic E-state index is 13.5. The van der Waals surface area contributed by atoms with Crippen LogP contribution in [0.15, 0.2) is 42.7 Å². The molecule has 14 heteroatoms. The number of aliphatic hydroxyl groups is 1. The van der Waals surface area contributed by atoms with E-state index in [9.17, 15) is 26.7 Å². The average Bonchev–Trinajstić information content (AvgIpc) is 3.58. The zero-order valence-electron chi connectivity index (χ0n) is 24.3. The van der Waals surface area contributed by atoms with E-state index in [1.54, 1.807) is 10.9 Å². The molecule has 2 aliphatic rings. The Hall–Kier alpha value is -3.30. The lowest BCUT2D eigenvalue weighted by molar-refractivity contribution is -0.138. The normalized spacial score (nSPS) is 18.1. The van der Waals surface area contributed by atoms with Gasteiger partial charge in [-0.1, -0.05) is 17.7 Å². The molecule has 6 rings (SSSR count). The third kappa shape index (κ3) is 6.13. The summed E-state index contributed by atoms with van der Waals surface area (Å²) in [5, 5.41) is 17.0. The van der Waals surface area contributed by atoms with Gasteiger partial charge in [-0.25, -0.2) is 13.4 Å². The molecule has 3 N–H and O–H groups in total. The highest BCUT2D eigenvalue weighted by Crippen LogP contribution is 2.37. The summed E-state index contributed by atoms with van der Waals surface area (Å²) in [7, 11) is -3.52. The average molecular weight is 631 g/mol. The number of aromatic nitrogens is 4. The SMILES string of the molecule is CS(=O)(=O)N1CCc2c(c(-c3ccc(C(F)(F)F)c(C[NH-])c3)nn2CC(O)CN2CCC(c3c[nH]c4ncccc34)CC2)C1. The lowest BCUT2D eigenvalue weighted by Gasteiger charge is -2.33. The molecule has 0 saturated carbocycles. The number of piperidine rings is 1. The molecule has 1 saturated heterocycles. The van der Waals surface area contributed by atoms with Crippen LogP contribution in [0.1, 0.15) is 46.7 Å². The number of nitrogens with one attached hydrogen (secondary N) is 2. The van der Waals surface area contributed by atoms with Crippen molar-refractivity contribution in [1.82, 2.24) is 29.0 Å². The van der Waals surface area contributed by atoms with Crippen molar-refractivity contribution in [3.8, 4) is 11.3 Å². The van der Waals surface area contributed by atoms with Gasteiger partial charge >= 0.3 is 6.18 Å². The zero-order valence-corrected chi connectivity index (χ0v) is 25.1. The lowest BCUT2D eigenvalue weighted by atomic mass is 9.89. The number of aliphatic hydroxyl groups excluding tert-OH is 1. The van der Waals surface area contributed by atoms with Gasteiger partial charge in [-0.3, -0.25) is 4.68 Å². The van der Waals surface area contributed by atoms with Crippen LogP contribution < -0.4 is 0 Å². The number of alkyl halides is 3. The van der Waals surface area contributed by atoms with E-state index in [0.29, 0.717) is 35.7 Å². The number of hydrogen-bond acceptors (Lipinski definition) is 6. The van der Waals surface area contributed by atoms with Crippen LogP contribution in [0.25, 0.3) is 28.0 Å². The summed E-state index contributed by atoms with van der Waals surface area (Å²) < 4.78 is 68.3. The first-order valence-corrected chi connectivity index (χ1v) is 16.5. The van der Waals surface area contributed by atoms with E-state index in [2.05, 4.69) is 20.9 Å². The fraction of sp³-hybridized carbons (Fsp3) is 0.467. The number of aromatic amines is 1. The third-order valence-electron chi connectivity index (χ3n) is 8.81. The Morgan fingerprint density at radius 2 is 1.93 bits per heavy atom. The molecule has 5 heterocycles. The van der Waals surface area contributed by atoms with E-state index in [1.165, 1.54) is 22.0 Å². The first-order chi connectivity index (χ1) is 20.9. The molecule has 0 radical (unpaired) electrons. The van der Waals surface area contributed by atoms with E-state index in [-0.39, 0.29) is 25.2 Å². The van der Waals surface area contributed by atoms with E-state index in [0.717, 1.165) is 55.0 Å². The Morgan fingerprint density at radius 3 is 2.64 bits per heavy atom. The predicted octanol–water partition coefficient (Wildman–Crippen LogP) is 4.56. The van der Waals surface area contributed by atoms with Gasteiger partial charge in [0.15, 0.2) is 0 Å². The largest absolute Gasteiger partial charge is 0.674 e. The highest BCUT2D eigenvalue weighted by atomic mass is 32.2. The van der Waals surface area contributed by atoms with Gasteiger partial charge in [0, 0.05) is 60.7 Å². The highest BCUT2D eigenvalue weighted by Gasteiger charge is 2.34. The Balaban J connectivity index is 1.20. The van der Waals surface area contributed by atoms with Crippen molar-refractivity contribution in [3.05, 3.63) is 76.4 Å². The zero-order chi connectivity index (χ0) is 31.2. The van der Waals surface area contributed by atoms with Crippen molar-refractivity contribution in [2.45, 2.75) is 57.1 Å². The number of nitrogens with zero attached hydrogens (tertiary/aromatic N) is 5. The number of fused-ring (bicyclic) bond motifs is 2. The first kappa shape index (κ1) is 30.7. The van der Waals surface area contributed by atoms with Crippen LogP contribution in [-0.2, 0) is 42.3 Å². The molecule has 0 aliphatic carbocycles. The molecule has 2 aliphatic heterocycles. The minimum absolute atomic E-state index is 0.0354. The number of rotatable bonds is 8. The van der Waals surface area contributed by atoms with Gasteiger partial charge in [-0.2, -0.15) is 22.6 Å². The minimum atomic E-state index is -4.59. The molecular weight excluding hydrogens is 595 g/mol. The Labute approximate surface area is 253 Å². The van der Waals surface area contributed by atoms with Gasteiger partial charge in [0.2, 0.25) is 10.0 Å². The summed E-state index contributed by atoms with van der Waals surface area (Å²) in [6, 6.07) is 7.60. The van der Waals surface area contributed by atoms with Crippen LogP contribution in [0, 0.1) is 0 Å². The number of hydrogen-bond donors (Lipinski definition) is 2. The summed E-state index contributed by atoms with van der Waals surface area (Å²) in [5.74, 6) is 0.400. The fourth-order valence-electron chi connectivity index (χ4n) is 6.59. The maximum atomic E-state index is 13.5. The van der Waals surface area contributed by atoms with Crippen LogP contribution in [0.3, 0.4) is 0 Å². The van der Waals surface area contributed by atoms with Crippen LogP contribution in [0.2, 0.25) is 0 Å². The minimum Gasteiger partial charge on any atom is -0.674 e. The summed E-state index contributed by atoms with van der Waals surface area (Å²) >= 11 is 0. The Morgan fingerprint density at radius 1 is 1.16 bits per heavy atom. The molecule has 0 amide bonds. The van der Waals surface area contributed by atoms with Crippen molar-refractivity contribution in [1.29, 1.82) is 0 Å². The molecule has 3 aromatic heterocycles. The summed E-state index contributed by atoms with van der Waals surface area (Å²) in [6.07, 6.45) is 1.84. The summed E-state index contributed by atoms with van der Waals surface area (Å²) in [6.45, 7) is 1.96. The monoisotopic (exact) mass is 630 g/mol. The molecular formula is C30H35F3N7O3S-. The van der Waals surface area contributed by atoms with Gasteiger partial charge in [-0.15, -0.1) is 6.54 Å². The van der Waals surface area contributed by atoms with E-state index in [1.807, 2.05) is 12.3 Å². The van der Waals surface area contributed by atoms with Crippen LogP contribution in [-0.4, -0.2) is 81.0 Å². The van der Waals surface area contributed by atoms with Crippen molar-refractivity contribution < 1.29 is 26.7 Å². The molecule has 4 aromatic rings.